The Morgan fingerprint density at radius 3 is 2.90 bits per heavy atom. The Hall–Kier alpha value is -1.66. The molecule has 0 saturated carbocycles. The fourth-order valence-electron chi connectivity index (χ4n) is 2.21. The van der Waals surface area contributed by atoms with Crippen LogP contribution in [0.25, 0.3) is 0 Å². The van der Waals surface area contributed by atoms with Crippen LogP contribution in [-0.2, 0) is 16.0 Å². The van der Waals surface area contributed by atoms with Gasteiger partial charge in [-0.15, -0.1) is 0 Å². The maximum Gasteiger partial charge on any atom is 0.258 e. The van der Waals surface area contributed by atoms with Crippen molar-refractivity contribution in [3.05, 3.63) is 24.0 Å². The lowest BCUT2D eigenvalue weighted by Crippen LogP contribution is -2.41. The van der Waals surface area contributed by atoms with Crippen LogP contribution in [0, 0.1) is 0 Å². The molecule has 0 aliphatic carbocycles. The monoisotopic (exact) mass is 293 g/mol. The molecule has 0 radical (unpaired) electrons. The van der Waals surface area contributed by atoms with Gasteiger partial charge >= 0.3 is 0 Å². The third-order valence-electron chi connectivity index (χ3n) is 3.29. The van der Waals surface area contributed by atoms with E-state index < -0.39 is 0 Å². The van der Waals surface area contributed by atoms with Crippen LogP contribution in [0.3, 0.4) is 0 Å². The highest BCUT2D eigenvalue weighted by Gasteiger charge is 2.16. The molecule has 1 aromatic heterocycles. The van der Waals surface area contributed by atoms with Crippen LogP contribution in [0.2, 0.25) is 0 Å². The predicted octanol–water partition coefficient (Wildman–Crippen LogP) is 0.645. The van der Waals surface area contributed by atoms with Crippen molar-refractivity contribution in [3.8, 4) is 5.75 Å². The Kier molecular flexibility index (Phi) is 5.95. The molecule has 0 bridgehead atoms. The molecule has 2 rings (SSSR count). The average molecular weight is 293 g/mol. The largest absolute Gasteiger partial charge is 0.482 e. The first-order valence-corrected chi connectivity index (χ1v) is 7.34. The summed E-state index contributed by atoms with van der Waals surface area (Å²) in [6.45, 7) is 3.35. The van der Waals surface area contributed by atoms with E-state index in [9.17, 15) is 4.79 Å². The van der Waals surface area contributed by atoms with Crippen molar-refractivity contribution in [1.82, 2.24) is 10.3 Å². The zero-order chi connectivity index (χ0) is 15.1. The number of aromatic nitrogens is 1. The summed E-state index contributed by atoms with van der Waals surface area (Å²) < 4.78 is 10.7. The van der Waals surface area contributed by atoms with Gasteiger partial charge in [-0.25, -0.2) is 0 Å². The summed E-state index contributed by atoms with van der Waals surface area (Å²) in [7, 11) is 0. The Balaban J connectivity index is 1.73. The highest BCUT2D eigenvalue weighted by Crippen LogP contribution is 2.10. The Morgan fingerprint density at radius 2 is 2.29 bits per heavy atom. The van der Waals surface area contributed by atoms with Crippen molar-refractivity contribution in [3.63, 3.8) is 0 Å². The van der Waals surface area contributed by atoms with Gasteiger partial charge in [-0.2, -0.15) is 0 Å². The van der Waals surface area contributed by atoms with Crippen molar-refractivity contribution in [2.24, 2.45) is 5.73 Å². The van der Waals surface area contributed by atoms with E-state index in [2.05, 4.69) is 10.3 Å². The van der Waals surface area contributed by atoms with Gasteiger partial charge in [-0.1, -0.05) is 0 Å². The third-order valence-corrected chi connectivity index (χ3v) is 3.29. The summed E-state index contributed by atoms with van der Waals surface area (Å²) in [6.07, 6.45) is 4.07. The number of rotatable bonds is 6. The number of nitrogens with one attached hydrogen (secondary N) is 1. The zero-order valence-corrected chi connectivity index (χ0v) is 12.4. The van der Waals surface area contributed by atoms with Crippen molar-refractivity contribution in [1.29, 1.82) is 0 Å². The quantitative estimate of drug-likeness (QED) is 0.804. The normalized spacial score (nSPS) is 17.2. The topological polar surface area (TPSA) is 86.5 Å². The van der Waals surface area contributed by atoms with Gasteiger partial charge in [-0.05, 0) is 31.9 Å². The van der Waals surface area contributed by atoms with Gasteiger partial charge in [0.25, 0.3) is 5.91 Å². The fourth-order valence-corrected chi connectivity index (χ4v) is 2.21. The standard InChI is InChI=1S/C15H23N3O3/c1-11(16)8-13-2-3-14(9-17-13)21-10-15(19)18-12-4-6-20-7-5-12/h2-3,9,11-12H,4-8,10,16H2,1H3,(H,18,19). The molecule has 0 spiro atoms. The van der Waals surface area contributed by atoms with Crippen LogP contribution in [0.15, 0.2) is 18.3 Å². The molecule has 6 nitrogen and oxygen atoms in total. The summed E-state index contributed by atoms with van der Waals surface area (Å²) in [5, 5.41) is 2.95. The van der Waals surface area contributed by atoms with Crippen molar-refractivity contribution in [2.75, 3.05) is 19.8 Å². The molecule has 1 unspecified atom stereocenters. The van der Waals surface area contributed by atoms with Crippen molar-refractivity contribution < 1.29 is 14.3 Å². The van der Waals surface area contributed by atoms with E-state index in [0.717, 1.165) is 25.0 Å². The van der Waals surface area contributed by atoms with Crippen molar-refractivity contribution >= 4 is 5.91 Å². The second kappa shape index (κ2) is 7.95. The van der Waals surface area contributed by atoms with Crippen LogP contribution in [0.4, 0.5) is 0 Å². The lowest BCUT2D eigenvalue weighted by atomic mass is 10.1. The van der Waals surface area contributed by atoms with Crippen LogP contribution >= 0.6 is 0 Å². The second-order valence-corrected chi connectivity index (χ2v) is 5.41. The molecule has 3 N–H and O–H groups in total. The minimum absolute atomic E-state index is 0.00563. The molecule has 0 aromatic carbocycles. The Bertz CT molecular complexity index is 442. The molecule has 2 heterocycles. The SMILES string of the molecule is CC(N)Cc1ccc(OCC(=O)NC2CCOCC2)cn1. The number of hydrogen-bond donors (Lipinski definition) is 2. The van der Waals surface area contributed by atoms with Gasteiger partial charge in [0, 0.05) is 37.4 Å². The Morgan fingerprint density at radius 1 is 1.52 bits per heavy atom. The Labute approximate surface area is 125 Å². The molecule has 1 aliphatic heterocycles. The number of nitrogens with two attached hydrogens (primary N) is 1. The molecule has 6 heteroatoms. The first-order valence-electron chi connectivity index (χ1n) is 7.34. The third kappa shape index (κ3) is 5.69. The van der Waals surface area contributed by atoms with Crippen LogP contribution in [0.5, 0.6) is 5.75 Å². The molecule has 1 amide bonds. The van der Waals surface area contributed by atoms with Crippen LogP contribution in [0.1, 0.15) is 25.5 Å². The number of carbonyl (C=O) groups excluding carboxylic acids is 1. The molecule has 1 atom stereocenters. The number of ether oxygens (including phenoxy) is 2. The molecular weight excluding hydrogens is 270 g/mol. The highest BCUT2D eigenvalue weighted by molar-refractivity contribution is 5.77. The molecule has 1 saturated heterocycles. The molecular formula is C15H23N3O3. The van der Waals surface area contributed by atoms with E-state index in [4.69, 9.17) is 15.2 Å². The van der Waals surface area contributed by atoms with Gasteiger partial charge in [0.05, 0.1) is 6.20 Å². The number of hydrogen-bond acceptors (Lipinski definition) is 5. The van der Waals surface area contributed by atoms with Gasteiger partial charge < -0.3 is 20.5 Å². The fraction of sp³-hybridized carbons (Fsp3) is 0.600. The minimum Gasteiger partial charge on any atom is -0.482 e. The molecule has 1 aliphatic rings. The van der Waals surface area contributed by atoms with E-state index in [0.29, 0.717) is 19.0 Å². The smallest absolute Gasteiger partial charge is 0.258 e. The van der Waals surface area contributed by atoms with E-state index in [1.165, 1.54) is 0 Å². The van der Waals surface area contributed by atoms with E-state index >= 15 is 0 Å². The minimum atomic E-state index is -0.110. The first-order chi connectivity index (χ1) is 10.1. The van der Waals surface area contributed by atoms with Gasteiger partial charge in [0.15, 0.2) is 6.61 Å². The maximum absolute atomic E-state index is 11.8. The molecule has 1 aromatic rings. The van der Waals surface area contributed by atoms with Gasteiger partial charge in [-0.3, -0.25) is 9.78 Å². The summed E-state index contributed by atoms with van der Waals surface area (Å²) in [5.41, 5.74) is 6.64. The first kappa shape index (κ1) is 15.7. The summed E-state index contributed by atoms with van der Waals surface area (Å²) >= 11 is 0. The van der Waals surface area contributed by atoms with Crippen LogP contribution in [-0.4, -0.2) is 42.8 Å². The van der Waals surface area contributed by atoms with Gasteiger partial charge in [0.1, 0.15) is 5.75 Å². The number of pyridine rings is 1. The number of nitrogens with zero attached hydrogens (tertiary/aromatic N) is 1. The van der Waals surface area contributed by atoms with Gasteiger partial charge in [0.2, 0.25) is 0 Å². The van der Waals surface area contributed by atoms with Crippen molar-refractivity contribution in [2.45, 2.75) is 38.3 Å². The lowest BCUT2D eigenvalue weighted by molar-refractivity contribution is -0.124. The number of carbonyl (C=O) groups is 1. The molecule has 116 valence electrons. The summed E-state index contributed by atoms with van der Waals surface area (Å²) in [4.78, 5) is 16.0. The van der Waals surface area contributed by atoms with E-state index in [1.54, 1.807) is 6.20 Å². The lowest BCUT2D eigenvalue weighted by Gasteiger charge is -2.23. The predicted molar refractivity (Wildman–Crippen MR) is 79.1 cm³/mol. The second-order valence-electron chi connectivity index (χ2n) is 5.41. The van der Waals surface area contributed by atoms with E-state index in [1.807, 2.05) is 19.1 Å². The summed E-state index contributed by atoms with van der Waals surface area (Å²) in [5.74, 6) is 0.479. The van der Waals surface area contributed by atoms with E-state index in [-0.39, 0.29) is 24.6 Å². The zero-order valence-electron chi connectivity index (χ0n) is 12.4. The highest BCUT2D eigenvalue weighted by atomic mass is 16.5. The molecule has 1 fully saturated rings. The summed E-state index contributed by atoms with van der Waals surface area (Å²) in [6, 6.07) is 3.96. The average Bonchev–Trinajstić information content (AvgIpc) is 2.47. The molecule has 21 heavy (non-hydrogen) atoms. The maximum atomic E-state index is 11.8. The number of amides is 1. The van der Waals surface area contributed by atoms with Crippen LogP contribution < -0.4 is 15.8 Å².